The molecule has 5 heteroatoms. The predicted molar refractivity (Wildman–Crippen MR) is 63.9 cm³/mol. The molecule has 0 unspecified atom stereocenters. The molecule has 0 spiro atoms. The van der Waals surface area contributed by atoms with E-state index in [1.807, 2.05) is 6.07 Å². The lowest BCUT2D eigenvalue weighted by atomic mass is 10.1. The second kappa shape index (κ2) is 3.82. The topological polar surface area (TPSA) is 45.8 Å². The van der Waals surface area contributed by atoms with Crippen LogP contribution >= 0.6 is 23.2 Å². The number of hydrogen-bond acceptors (Lipinski definition) is 2. The standard InChI is InChI=1S/C11H6Cl2N2O/c1-15-9-3-2-6(12)4-7(9)10(13)8(5-14)11(15)16/h2-4H,1H3. The lowest BCUT2D eigenvalue weighted by Gasteiger charge is -2.08. The molecule has 0 N–H and O–H groups in total. The number of rotatable bonds is 0. The van der Waals surface area contributed by atoms with E-state index in [9.17, 15) is 4.79 Å². The van der Waals surface area contributed by atoms with Crippen molar-refractivity contribution in [1.29, 1.82) is 5.26 Å². The molecule has 1 aromatic carbocycles. The summed E-state index contributed by atoms with van der Waals surface area (Å²) >= 11 is 11.8. The minimum absolute atomic E-state index is 0.0565. The first-order valence-corrected chi connectivity index (χ1v) is 5.19. The van der Waals surface area contributed by atoms with E-state index in [2.05, 4.69) is 0 Å². The fourth-order valence-electron chi connectivity index (χ4n) is 1.58. The van der Waals surface area contributed by atoms with Gasteiger partial charge < -0.3 is 4.57 Å². The van der Waals surface area contributed by atoms with Crippen molar-refractivity contribution in [2.75, 3.05) is 0 Å². The molecule has 0 atom stereocenters. The molecule has 0 fully saturated rings. The van der Waals surface area contributed by atoms with Crippen LogP contribution in [0.2, 0.25) is 10.0 Å². The number of nitriles is 1. The molecule has 3 nitrogen and oxygen atoms in total. The van der Waals surface area contributed by atoms with Crippen LogP contribution in [0.5, 0.6) is 0 Å². The van der Waals surface area contributed by atoms with Crippen molar-refractivity contribution in [3.8, 4) is 6.07 Å². The zero-order chi connectivity index (χ0) is 11.9. The Morgan fingerprint density at radius 2 is 2.06 bits per heavy atom. The maximum absolute atomic E-state index is 11.7. The van der Waals surface area contributed by atoms with Crippen LogP contribution in [0.4, 0.5) is 0 Å². The van der Waals surface area contributed by atoms with Crippen LogP contribution in [-0.2, 0) is 7.05 Å². The minimum Gasteiger partial charge on any atom is -0.310 e. The number of halogens is 2. The number of aryl methyl sites for hydroxylation is 1. The van der Waals surface area contributed by atoms with Crippen molar-refractivity contribution in [3.63, 3.8) is 0 Å². The molecule has 1 heterocycles. The highest BCUT2D eigenvalue weighted by atomic mass is 35.5. The predicted octanol–water partition coefficient (Wildman–Crippen LogP) is 2.72. The van der Waals surface area contributed by atoms with Crippen LogP contribution in [0, 0.1) is 11.3 Å². The number of fused-ring (bicyclic) bond motifs is 1. The monoisotopic (exact) mass is 252 g/mol. The highest BCUT2D eigenvalue weighted by molar-refractivity contribution is 6.37. The molecule has 0 saturated heterocycles. The minimum atomic E-state index is -0.401. The van der Waals surface area contributed by atoms with Gasteiger partial charge in [0.05, 0.1) is 10.5 Å². The van der Waals surface area contributed by atoms with E-state index >= 15 is 0 Å². The first-order valence-electron chi connectivity index (χ1n) is 4.44. The number of nitrogens with zero attached hydrogens (tertiary/aromatic N) is 2. The average molecular weight is 253 g/mol. The Bertz CT molecular complexity index is 683. The first kappa shape index (κ1) is 11.0. The van der Waals surface area contributed by atoms with E-state index in [4.69, 9.17) is 28.5 Å². The van der Waals surface area contributed by atoms with Crippen LogP contribution in [0.25, 0.3) is 10.9 Å². The number of benzene rings is 1. The quantitative estimate of drug-likeness (QED) is 0.724. The third-order valence-electron chi connectivity index (χ3n) is 2.41. The lowest BCUT2D eigenvalue weighted by molar-refractivity contribution is 0.901. The van der Waals surface area contributed by atoms with Gasteiger partial charge in [-0.05, 0) is 18.2 Å². The van der Waals surface area contributed by atoms with Crippen molar-refractivity contribution in [2.24, 2.45) is 7.05 Å². The van der Waals surface area contributed by atoms with Gasteiger partial charge >= 0.3 is 0 Å². The van der Waals surface area contributed by atoms with E-state index in [0.717, 1.165) is 0 Å². The molecule has 0 bridgehead atoms. The summed E-state index contributed by atoms with van der Waals surface area (Å²) in [5.41, 5.74) is 0.194. The summed E-state index contributed by atoms with van der Waals surface area (Å²) < 4.78 is 1.39. The molecular formula is C11H6Cl2N2O. The third-order valence-corrected chi connectivity index (χ3v) is 3.03. The summed E-state index contributed by atoms with van der Waals surface area (Å²) in [7, 11) is 1.59. The molecule has 0 aliphatic carbocycles. The van der Waals surface area contributed by atoms with Crippen molar-refractivity contribution in [1.82, 2.24) is 4.57 Å². The first-order chi connectivity index (χ1) is 7.56. The van der Waals surface area contributed by atoms with Gasteiger partial charge in [0, 0.05) is 17.5 Å². The Hall–Kier alpha value is -1.50. The SMILES string of the molecule is Cn1c(=O)c(C#N)c(Cl)c2cc(Cl)ccc21. The van der Waals surface area contributed by atoms with E-state index in [0.29, 0.717) is 15.9 Å². The molecule has 2 rings (SSSR count). The number of aromatic nitrogens is 1. The van der Waals surface area contributed by atoms with Crippen LogP contribution in [0.3, 0.4) is 0 Å². The molecule has 16 heavy (non-hydrogen) atoms. The van der Waals surface area contributed by atoms with Gasteiger partial charge in [-0.1, -0.05) is 23.2 Å². The maximum Gasteiger partial charge on any atom is 0.270 e. The van der Waals surface area contributed by atoms with Crippen molar-refractivity contribution >= 4 is 34.1 Å². The normalized spacial score (nSPS) is 10.4. The van der Waals surface area contributed by atoms with E-state index in [1.165, 1.54) is 4.57 Å². The van der Waals surface area contributed by atoms with E-state index < -0.39 is 5.56 Å². The van der Waals surface area contributed by atoms with Gasteiger partial charge in [-0.3, -0.25) is 4.79 Å². The maximum atomic E-state index is 11.7. The Balaban J connectivity index is 3.10. The second-order valence-corrected chi connectivity index (χ2v) is 4.14. The van der Waals surface area contributed by atoms with Crippen LogP contribution in [-0.4, -0.2) is 4.57 Å². The van der Waals surface area contributed by atoms with Gasteiger partial charge in [-0.2, -0.15) is 5.26 Å². The molecular weight excluding hydrogens is 247 g/mol. The second-order valence-electron chi connectivity index (χ2n) is 3.33. The molecule has 0 amide bonds. The summed E-state index contributed by atoms with van der Waals surface area (Å²) in [5, 5.41) is 10.1. The zero-order valence-corrected chi connectivity index (χ0v) is 9.80. The smallest absolute Gasteiger partial charge is 0.270 e. The zero-order valence-electron chi connectivity index (χ0n) is 8.29. The van der Waals surface area contributed by atoms with Crippen LogP contribution in [0.1, 0.15) is 5.56 Å². The number of hydrogen-bond donors (Lipinski definition) is 0. The lowest BCUT2D eigenvalue weighted by Crippen LogP contribution is -2.20. The average Bonchev–Trinajstić information content (AvgIpc) is 2.27. The summed E-state index contributed by atoms with van der Waals surface area (Å²) in [6.07, 6.45) is 0. The summed E-state index contributed by atoms with van der Waals surface area (Å²) in [5.74, 6) is 0. The van der Waals surface area contributed by atoms with Gasteiger partial charge in [-0.15, -0.1) is 0 Å². The molecule has 0 aliphatic heterocycles. The molecule has 0 saturated carbocycles. The molecule has 80 valence electrons. The van der Waals surface area contributed by atoms with Crippen molar-refractivity contribution in [3.05, 3.63) is 44.2 Å². The fraction of sp³-hybridized carbons (Fsp3) is 0.0909. The van der Waals surface area contributed by atoms with Crippen molar-refractivity contribution in [2.45, 2.75) is 0 Å². The molecule has 0 radical (unpaired) electrons. The molecule has 0 aliphatic rings. The fourth-order valence-corrected chi connectivity index (χ4v) is 2.03. The van der Waals surface area contributed by atoms with Crippen molar-refractivity contribution < 1.29 is 0 Å². The summed E-state index contributed by atoms with van der Waals surface area (Å²) in [6.45, 7) is 0. The molecule has 1 aromatic heterocycles. The highest BCUT2D eigenvalue weighted by Gasteiger charge is 2.13. The highest BCUT2D eigenvalue weighted by Crippen LogP contribution is 2.26. The number of pyridine rings is 1. The van der Waals surface area contributed by atoms with Gasteiger partial charge in [0.2, 0.25) is 0 Å². The Labute approximate surface area is 101 Å². The largest absolute Gasteiger partial charge is 0.310 e. The van der Waals surface area contributed by atoms with E-state index in [1.54, 1.807) is 25.2 Å². The van der Waals surface area contributed by atoms with Gasteiger partial charge in [0.1, 0.15) is 11.6 Å². The van der Waals surface area contributed by atoms with Crippen LogP contribution in [0.15, 0.2) is 23.0 Å². The summed E-state index contributed by atoms with van der Waals surface area (Å²) in [6, 6.07) is 6.82. The molecule has 2 aromatic rings. The Morgan fingerprint density at radius 3 is 2.69 bits per heavy atom. The van der Waals surface area contributed by atoms with E-state index in [-0.39, 0.29) is 10.6 Å². The van der Waals surface area contributed by atoms with Gasteiger partial charge in [-0.25, -0.2) is 0 Å². The Morgan fingerprint density at radius 1 is 1.38 bits per heavy atom. The summed E-state index contributed by atoms with van der Waals surface area (Å²) in [4.78, 5) is 11.7. The Kier molecular flexibility index (Phi) is 2.63. The van der Waals surface area contributed by atoms with Gasteiger partial charge in [0.25, 0.3) is 5.56 Å². The van der Waals surface area contributed by atoms with Gasteiger partial charge in [0.15, 0.2) is 0 Å². The van der Waals surface area contributed by atoms with Crippen LogP contribution < -0.4 is 5.56 Å². The third kappa shape index (κ3) is 1.47.